The average molecular weight is 383 g/mol. The number of halogens is 2. The standard InChI is InChI=1S/C18H20Cl2N2O3/c1-12-4-3-5-14(8-12)25-7-6-21-17(23)11-22-13-9-15(19)18(24-2)16(20)10-13/h3-5,8-10,22H,6-7,11H2,1-2H3,(H,21,23). The molecular formula is C18H20Cl2N2O3. The van der Waals surface area contributed by atoms with Crippen LogP contribution in [0.1, 0.15) is 5.56 Å². The molecule has 0 bridgehead atoms. The Bertz CT molecular complexity index is 715. The van der Waals surface area contributed by atoms with Crippen molar-refractivity contribution in [2.45, 2.75) is 6.92 Å². The maximum atomic E-state index is 11.9. The summed E-state index contributed by atoms with van der Waals surface area (Å²) in [6, 6.07) is 11.1. The summed E-state index contributed by atoms with van der Waals surface area (Å²) in [6.07, 6.45) is 0. The Morgan fingerprint density at radius 1 is 1.16 bits per heavy atom. The van der Waals surface area contributed by atoms with Gasteiger partial charge in [-0.2, -0.15) is 0 Å². The fraction of sp³-hybridized carbons (Fsp3) is 0.278. The molecule has 0 fully saturated rings. The Labute approximate surface area is 157 Å². The highest BCUT2D eigenvalue weighted by Gasteiger charge is 2.09. The molecule has 2 aromatic rings. The maximum Gasteiger partial charge on any atom is 0.239 e. The summed E-state index contributed by atoms with van der Waals surface area (Å²) < 4.78 is 10.7. The molecule has 0 radical (unpaired) electrons. The van der Waals surface area contributed by atoms with Gasteiger partial charge in [-0.05, 0) is 36.8 Å². The Balaban J connectivity index is 1.72. The lowest BCUT2D eigenvalue weighted by atomic mass is 10.2. The van der Waals surface area contributed by atoms with Gasteiger partial charge in [0.15, 0.2) is 5.75 Å². The van der Waals surface area contributed by atoms with E-state index in [1.807, 2.05) is 31.2 Å². The number of hydrogen-bond donors (Lipinski definition) is 2. The number of ether oxygens (including phenoxy) is 2. The van der Waals surface area contributed by atoms with Crippen molar-refractivity contribution in [3.05, 3.63) is 52.0 Å². The van der Waals surface area contributed by atoms with Gasteiger partial charge in [0.2, 0.25) is 5.91 Å². The Morgan fingerprint density at radius 2 is 1.88 bits per heavy atom. The highest BCUT2D eigenvalue weighted by molar-refractivity contribution is 6.37. The van der Waals surface area contributed by atoms with Crippen LogP contribution in [0.2, 0.25) is 10.0 Å². The Morgan fingerprint density at radius 3 is 2.52 bits per heavy atom. The fourth-order valence-corrected chi connectivity index (χ4v) is 2.81. The van der Waals surface area contributed by atoms with Crippen molar-refractivity contribution in [2.75, 3.05) is 32.1 Å². The van der Waals surface area contributed by atoms with E-state index in [0.717, 1.165) is 11.3 Å². The van der Waals surface area contributed by atoms with Gasteiger partial charge in [-0.25, -0.2) is 0 Å². The molecule has 0 heterocycles. The summed E-state index contributed by atoms with van der Waals surface area (Å²) in [6.45, 7) is 2.91. The minimum atomic E-state index is -0.157. The second-order valence-corrected chi connectivity index (χ2v) is 6.16. The van der Waals surface area contributed by atoms with Gasteiger partial charge < -0.3 is 20.1 Å². The van der Waals surface area contributed by atoms with E-state index in [4.69, 9.17) is 32.7 Å². The highest BCUT2D eigenvalue weighted by atomic mass is 35.5. The highest BCUT2D eigenvalue weighted by Crippen LogP contribution is 2.35. The van der Waals surface area contributed by atoms with Crippen molar-refractivity contribution in [1.82, 2.24) is 5.32 Å². The van der Waals surface area contributed by atoms with E-state index in [1.54, 1.807) is 12.1 Å². The van der Waals surface area contributed by atoms with Gasteiger partial charge in [0, 0.05) is 5.69 Å². The minimum absolute atomic E-state index is 0.101. The largest absolute Gasteiger partial charge is 0.494 e. The molecule has 2 rings (SSSR count). The van der Waals surface area contributed by atoms with Gasteiger partial charge in [0.25, 0.3) is 0 Å². The summed E-state index contributed by atoms with van der Waals surface area (Å²) >= 11 is 12.1. The lowest BCUT2D eigenvalue weighted by Crippen LogP contribution is -2.33. The van der Waals surface area contributed by atoms with Crippen LogP contribution < -0.4 is 20.1 Å². The summed E-state index contributed by atoms with van der Waals surface area (Å²) in [5, 5.41) is 6.50. The van der Waals surface area contributed by atoms with Crippen molar-refractivity contribution >= 4 is 34.8 Å². The fourth-order valence-electron chi connectivity index (χ4n) is 2.17. The second-order valence-electron chi connectivity index (χ2n) is 5.34. The van der Waals surface area contributed by atoms with E-state index < -0.39 is 0 Å². The Hall–Kier alpha value is -2.11. The average Bonchev–Trinajstić information content (AvgIpc) is 2.57. The topological polar surface area (TPSA) is 59.6 Å². The molecular weight excluding hydrogens is 363 g/mol. The van der Waals surface area contributed by atoms with E-state index >= 15 is 0 Å². The summed E-state index contributed by atoms with van der Waals surface area (Å²) in [7, 11) is 1.49. The number of amides is 1. The first-order valence-corrected chi connectivity index (χ1v) is 8.48. The van der Waals surface area contributed by atoms with E-state index in [0.29, 0.717) is 34.6 Å². The van der Waals surface area contributed by atoms with Gasteiger partial charge in [-0.15, -0.1) is 0 Å². The maximum absolute atomic E-state index is 11.9. The number of anilines is 1. The van der Waals surface area contributed by atoms with Crippen LogP contribution in [-0.2, 0) is 4.79 Å². The number of methoxy groups -OCH3 is 1. The molecule has 0 saturated carbocycles. The molecule has 0 aliphatic rings. The predicted octanol–water partition coefficient (Wildman–Crippen LogP) is 3.92. The number of rotatable bonds is 8. The van der Waals surface area contributed by atoms with Crippen LogP contribution >= 0.6 is 23.2 Å². The van der Waals surface area contributed by atoms with Crippen LogP contribution in [0.15, 0.2) is 36.4 Å². The van der Waals surface area contributed by atoms with Crippen molar-refractivity contribution in [3.8, 4) is 11.5 Å². The molecule has 25 heavy (non-hydrogen) atoms. The molecule has 5 nitrogen and oxygen atoms in total. The number of aryl methyl sites for hydroxylation is 1. The number of nitrogens with one attached hydrogen (secondary N) is 2. The lowest BCUT2D eigenvalue weighted by Gasteiger charge is -2.11. The van der Waals surface area contributed by atoms with E-state index in [2.05, 4.69) is 10.6 Å². The van der Waals surface area contributed by atoms with Crippen molar-refractivity contribution < 1.29 is 14.3 Å². The number of carbonyl (C=O) groups is 1. The first-order chi connectivity index (χ1) is 12.0. The van der Waals surface area contributed by atoms with Crippen molar-refractivity contribution in [1.29, 1.82) is 0 Å². The third-order valence-corrected chi connectivity index (χ3v) is 3.90. The van der Waals surface area contributed by atoms with Crippen LogP contribution in [0.3, 0.4) is 0 Å². The smallest absolute Gasteiger partial charge is 0.239 e. The minimum Gasteiger partial charge on any atom is -0.494 e. The number of benzene rings is 2. The zero-order valence-electron chi connectivity index (χ0n) is 14.1. The van der Waals surface area contributed by atoms with Gasteiger partial charge in [-0.3, -0.25) is 4.79 Å². The van der Waals surface area contributed by atoms with Gasteiger partial charge in [0.1, 0.15) is 12.4 Å². The number of hydrogen-bond acceptors (Lipinski definition) is 4. The van der Waals surface area contributed by atoms with Crippen LogP contribution in [-0.4, -0.2) is 32.7 Å². The van der Waals surface area contributed by atoms with Crippen LogP contribution in [0.5, 0.6) is 11.5 Å². The first kappa shape index (κ1) is 19.2. The van der Waals surface area contributed by atoms with Gasteiger partial charge in [-0.1, -0.05) is 35.3 Å². The molecule has 0 spiro atoms. The molecule has 134 valence electrons. The molecule has 2 N–H and O–H groups in total. The molecule has 0 aromatic heterocycles. The summed E-state index contributed by atoms with van der Waals surface area (Å²) in [5.74, 6) is 1.04. The van der Waals surface area contributed by atoms with E-state index in [9.17, 15) is 4.79 Å². The zero-order chi connectivity index (χ0) is 18.2. The lowest BCUT2D eigenvalue weighted by molar-refractivity contribution is -0.119. The van der Waals surface area contributed by atoms with Gasteiger partial charge >= 0.3 is 0 Å². The first-order valence-electron chi connectivity index (χ1n) is 7.72. The quantitative estimate of drug-likeness (QED) is 0.679. The zero-order valence-corrected chi connectivity index (χ0v) is 15.6. The third kappa shape index (κ3) is 6.03. The molecule has 0 aliphatic heterocycles. The van der Waals surface area contributed by atoms with Crippen molar-refractivity contribution in [3.63, 3.8) is 0 Å². The molecule has 0 atom stereocenters. The molecule has 0 unspecified atom stereocenters. The Kier molecular flexibility index (Phi) is 7.22. The van der Waals surface area contributed by atoms with Gasteiger partial charge in [0.05, 0.1) is 30.2 Å². The van der Waals surface area contributed by atoms with E-state index in [-0.39, 0.29) is 12.5 Å². The van der Waals surface area contributed by atoms with Crippen LogP contribution in [0, 0.1) is 6.92 Å². The predicted molar refractivity (Wildman–Crippen MR) is 101 cm³/mol. The molecule has 0 aliphatic carbocycles. The van der Waals surface area contributed by atoms with Crippen molar-refractivity contribution in [2.24, 2.45) is 0 Å². The second kappa shape index (κ2) is 9.39. The SMILES string of the molecule is COc1c(Cl)cc(NCC(=O)NCCOc2cccc(C)c2)cc1Cl. The monoisotopic (exact) mass is 382 g/mol. The van der Waals surface area contributed by atoms with Crippen LogP contribution in [0.25, 0.3) is 0 Å². The van der Waals surface area contributed by atoms with Crippen LogP contribution in [0.4, 0.5) is 5.69 Å². The normalized spacial score (nSPS) is 10.2. The summed E-state index contributed by atoms with van der Waals surface area (Å²) in [5.41, 5.74) is 1.77. The third-order valence-electron chi connectivity index (χ3n) is 3.34. The number of carbonyl (C=O) groups excluding carboxylic acids is 1. The molecule has 2 aromatic carbocycles. The summed E-state index contributed by atoms with van der Waals surface area (Å²) in [4.78, 5) is 11.9. The van der Waals surface area contributed by atoms with E-state index in [1.165, 1.54) is 7.11 Å². The molecule has 1 amide bonds. The molecule has 7 heteroatoms. The molecule has 0 saturated heterocycles.